The maximum absolute atomic E-state index is 2.14. The summed E-state index contributed by atoms with van der Waals surface area (Å²) in [5.74, 6) is 0. The van der Waals surface area contributed by atoms with Gasteiger partial charge in [-0.05, 0) is 10.2 Å². The van der Waals surface area contributed by atoms with Gasteiger partial charge in [-0.15, -0.1) is 0 Å². The fourth-order valence-electron chi connectivity index (χ4n) is 0. The molecule has 1 radical (unpaired) electrons. The molecular weight excluding hydrogens is 251 g/mol. The molecule has 0 aromatic carbocycles. The Morgan fingerprint density at radius 3 is 1.20 bits per heavy atom. The third-order valence-electron chi connectivity index (χ3n) is 0. The Bertz CT molecular complexity index is 11.6. The van der Waals surface area contributed by atoms with Gasteiger partial charge in [-0.2, -0.15) is 0 Å². The van der Waals surface area contributed by atoms with Crippen molar-refractivity contribution in [3.63, 3.8) is 0 Å². The molecule has 0 bridgehead atoms. The Morgan fingerprint density at radius 2 is 1.20 bits per heavy atom. The molecule has 0 rings (SSSR count). The van der Waals surface area contributed by atoms with Gasteiger partial charge in [-0.3, -0.25) is 0 Å². The van der Waals surface area contributed by atoms with Crippen LogP contribution in [-0.4, -0.2) is 27.6 Å². The Balaban J connectivity index is -0.00000000167. The van der Waals surface area contributed by atoms with Crippen LogP contribution < -0.4 is 0 Å². The molecule has 0 aliphatic carbocycles. The Morgan fingerprint density at radius 1 is 1.20 bits per heavy atom. The second-order valence-electron chi connectivity index (χ2n) is 0. The van der Waals surface area contributed by atoms with Crippen molar-refractivity contribution in [1.82, 2.24) is 0 Å². The predicted octanol–water partition coefficient (Wildman–Crippen LogP) is -1.79. The molecule has 0 saturated heterocycles. The minimum atomic E-state index is 0. The van der Waals surface area contributed by atoms with Crippen molar-refractivity contribution in [3.8, 4) is 0 Å². The molecule has 0 amide bonds. The summed E-state index contributed by atoms with van der Waals surface area (Å²) in [4.78, 5) is 0. The summed E-state index contributed by atoms with van der Waals surface area (Å²) in [5, 5.41) is 0. The van der Waals surface area contributed by atoms with Crippen molar-refractivity contribution >= 4 is 27.6 Å². The SMILES string of the molecule is C[SiH3].[AlH3].[Nb].[Zr]. The van der Waals surface area contributed by atoms with E-state index >= 15 is 0 Å². The van der Waals surface area contributed by atoms with Gasteiger partial charge in [0.15, 0.2) is 17.4 Å². The summed E-state index contributed by atoms with van der Waals surface area (Å²) in [6, 6.07) is 0. The van der Waals surface area contributed by atoms with Crippen LogP contribution in [0.1, 0.15) is 0 Å². The average Bonchev–Trinajstić information content (AvgIpc) is 1.00. The van der Waals surface area contributed by atoms with Crippen LogP contribution in [0.3, 0.4) is 0 Å². The van der Waals surface area contributed by atoms with E-state index in [-0.39, 0.29) is 65.9 Å². The average molecular weight is 260 g/mol. The minimum Gasteiger partial charge on any atom is -0.0777 e. The number of rotatable bonds is 0. The largest absolute Gasteiger partial charge is 0.187 e. The zero-order valence-electron chi connectivity index (χ0n) is 2.95. The molecule has 0 saturated carbocycles. The molecule has 4 heteroatoms. The quantitative estimate of drug-likeness (QED) is 0.451. The summed E-state index contributed by atoms with van der Waals surface area (Å²) < 4.78 is 0. The first-order valence-corrected chi connectivity index (χ1v) is 3.00. The van der Waals surface area contributed by atoms with Crippen molar-refractivity contribution in [3.05, 3.63) is 0 Å². The van der Waals surface area contributed by atoms with Crippen molar-refractivity contribution in [2.75, 3.05) is 0 Å². The zero-order chi connectivity index (χ0) is 2.00. The van der Waals surface area contributed by atoms with Crippen LogP contribution in [0, 0.1) is 0 Å². The molecule has 29 valence electrons. The van der Waals surface area contributed by atoms with E-state index in [1.165, 1.54) is 10.2 Å². The van der Waals surface area contributed by atoms with E-state index in [1.54, 1.807) is 0 Å². The third-order valence-corrected chi connectivity index (χ3v) is 0. The molecule has 0 unspecified atom stereocenters. The predicted molar refractivity (Wildman–Crippen MR) is 25.7 cm³/mol. The second-order valence-corrected chi connectivity index (χ2v) is 0. The van der Waals surface area contributed by atoms with E-state index in [9.17, 15) is 0 Å². The molecule has 0 aliphatic heterocycles. The summed E-state index contributed by atoms with van der Waals surface area (Å²) in [5.41, 5.74) is 0. The number of hydrogen-bond acceptors (Lipinski definition) is 0. The van der Waals surface area contributed by atoms with Gasteiger partial charge in [0, 0.05) is 48.6 Å². The molecule has 0 N–H and O–H groups in total. The summed E-state index contributed by atoms with van der Waals surface area (Å²) in [6.45, 7) is 2.14. The minimum absolute atomic E-state index is 0. The first kappa shape index (κ1) is 26.3. The van der Waals surface area contributed by atoms with Gasteiger partial charge >= 0.3 is 0 Å². The van der Waals surface area contributed by atoms with Gasteiger partial charge in [0.2, 0.25) is 0 Å². The first-order valence-electron chi connectivity index (χ1n) is 1.00. The van der Waals surface area contributed by atoms with Crippen LogP contribution in [0.15, 0.2) is 0 Å². The molecular formula is CH9AlNbSiZr. The third kappa shape index (κ3) is 21.6. The zero-order valence-corrected chi connectivity index (χ0v) is 9.60. The summed E-state index contributed by atoms with van der Waals surface area (Å²) in [6.07, 6.45) is 0. The van der Waals surface area contributed by atoms with Crippen LogP contribution >= 0.6 is 0 Å². The molecule has 0 aromatic rings. The molecule has 0 nitrogen and oxygen atoms in total. The van der Waals surface area contributed by atoms with Crippen LogP contribution in [0.25, 0.3) is 0 Å². The summed E-state index contributed by atoms with van der Waals surface area (Å²) in [7, 11) is 1.31. The normalized spacial score (nSPS) is 1.80. The van der Waals surface area contributed by atoms with Gasteiger partial charge in [-0.1, -0.05) is 6.55 Å². The molecule has 5 heavy (non-hydrogen) atoms. The van der Waals surface area contributed by atoms with Crippen molar-refractivity contribution in [1.29, 1.82) is 0 Å². The van der Waals surface area contributed by atoms with Crippen molar-refractivity contribution in [2.24, 2.45) is 0 Å². The van der Waals surface area contributed by atoms with Crippen LogP contribution in [-0.2, 0) is 48.6 Å². The maximum atomic E-state index is 2.14. The molecule has 0 atom stereocenters. The smallest absolute Gasteiger partial charge is 0.0777 e. The van der Waals surface area contributed by atoms with E-state index < -0.39 is 0 Å². The van der Waals surface area contributed by atoms with Crippen LogP contribution in [0.5, 0.6) is 0 Å². The van der Waals surface area contributed by atoms with E-state index in [2.05, 4.69) is 6.55 Å². The Hall–Kier alpha value is 2.37. The van der Waals surface area contributed by atoms with Crippen LogP contribution in [0.2, 0.25) is 6.55 Å². The van der Waals surface area contributed by atoms with Gasteiger partial charge in [0.25, 0.3) is 0 Å². The molecule has 0 aliphatic rings. The second kappa shape index (κ2) is 32.7. The standard InChI is InChI=1S/CH6Si.Al.Nb.Zr.3H/c1-2;;;;;;/h1-2H3;;;;;;. The fraction of sp³-hybridized carbons (Fsp3) is 1.00. The molecule has 0 heterocycles. The van der Waals surface area contributed by atoms with E-state index in [1.807, 2.05) is 0 Å². The van der Waals surface area contributed by atoms with E-state index in [0.717, 1.165) is 0 Å². The molecule has 0 aromatic heterocycles. The Kier molecular flexibility index (Phi) is 172. The molecule has 0 fully saturated rings. The monoisotopic (exact) mass is 259 g/mol. The van der Waals surface area contributed by atoms with Gasteiger partial charge in [0.1, 0.15) is 0 Å². The first-order chi connectivity index (χ1) is 1.00. The van der Waals surface area contributed by atoms with Crippen molar-refractivity contribution < 1.29 is 48.6 Å². The fourth-order valence-corrected chi connectivity index (χ4v) is 0. The van der Waals surface area contributed by atoms with E-state index in [4.69, 9.17) is 0 Å². The summed E-state index contributed by atoms with van der Waals surface area (Å²) >= 11 is 0. The number of hydrogen-bond donors (Lipinski definition) is 0. The topological polar surface area (TPSA) is 0 Å². The molecule has 0 spiro atoms. The van der Waals surface area contributed by atoms with Gasteiger partial charge < -0.3 is 0 Å². The van der Waals surface area contributed by atoms with Gasteiger partial charge in [-0.25, -0.2) is 0 Å². The maximum Gasteiger partial charge on any atom is 0.187 e. The van der Waals surface area contributed by atoms with E-state index in [0.29, 0.717) is 0 Å². The van der Waals surface area contributed by atoms with Gasteiger partial charge in [0.05, 0.1) is 0 Å². The Labute approximate surface area is 81.7 Å². The van der Waals surface area contributed by atoms with Crippen LogP contribution in [0.4, 0.5) is 0 Å². The van der Waals surface area contributed by atoms with Crippen molar-refractivity contribution in [2.45, 2.75) is 6.55 Å².